The molecule has 1 atom stereocenters. The van der Waals surface area contributed by atoms with Crippen molar-refractivity contribution in [1.29, 1.82) is 0 Å². The zero-order valence-electron chi connectivity index (χ0n) is 15.0. The SMILES string of the molecule is CCCCCCCCC(CC)C(OC)(OC)OC.NC(N)=O. The smallest absolute Gasteiger partial charge is 0.309 e. The van der Waals surface area contributed by atoms with Gasteiger partial charge in [-0.05, 0) is 12.8 Å². The summed E-state index contributed by atoms with van der Waals surface area (Å²) in [6, 6.07) is -0.833. The predicted octanol–water partition coefficient (Wildman–Crippen LogP) is 3.38. The molecule has 0 heterocycles. The molecule has 0 spiro atoms. The molecular formula is C16H36N2O4. The van der Waals surface area contributed by atoms with Crippen LogP contribution in [-0.4, -0.2) is 33.3 Å². The first kappa shape index (κ1) is 23.4. The van der Waals surface area contributed by atoms with Crippen molar-refractivity contribution in [2.45, 2.75) is 71.2 Å². The van der Waals surface area contributed by atoms with E-state index in [-0.39, 0.29) is 0 Å². The molecule has 6 nitrogen and oxygen atoms in total. The summed E-state index contributed by atoms with van der Waals surface area (Å²) < 4.78 is 16.3. The topological polar surface area (TPSA) is 96.8 Å². The minimum absolute atomic E-state index is 0.295. The molecule has 0 aromatic carbocycles. The predicted molar refractivity (Wildman–Crippen MR) is 89.3 cm³/mol. The highest BCUT2D eigenvalue weighted by Gasteiger charge is 2.38. The van der Waals surface area contributed by atoms with Crippen LogP contribution in [0.25, 0.3) is 0 Å². The molecule has 0 bridgehead atoms. The standard InChI is InChI=1S/C15H32O3.CH4N2O/c1-6-8-9-10-11-12-13-14(7-2)15(16-3,17-4)18-5;2-1(3)4/h14H,6-13H2,1-5H3;(H4,2,3,4). The molecule has 0 fully saturated rings. The monoisotopic (exact) mass is 320 g/mol. The second-order valence-electron chi connectivity index (χ2n) is 5.28. The molecular weight excluding hydrogens is 284 g/mol. The summed E-state index contributed by atoms with van der Waals surface area (Å²) in [7, 11) is 4.95. The number of unbranched alkanes of at least 4 members (excludes halogenated alkanes) is 5. The Hall–Kier alpha value is -0.850. The molecule has 0 rings (SSSR count). The van der Waals surface area contributed by atoms with Gasteiger partial charge in [-0.25, -0.2) is 4.79 Å². The van der Waals surface area contributed by atoms with Crippen molar-refractivity contribution in [3.63, 3.8) is 0 Å². The van der Waals surface area contributed by atoms with Crippen LogP contribution in [0.1, 0.15) is 65.2 Å². The van der Waals surface area contributed by atoms with E-state index in [1.165, 1.54) is 38.5 Å². The van der Waals surface area contributed by atoms with E-state index >= 15 is 0 Å². The molecule has 0 saturated carbocycles. The van der Waals surface area contributed by atoms with Gasteiger partial charge in [0.25, 0.3) is 5.97 Å². The number of amides is 2. The molecule has 0 radical (unpaired) electrons. The Morgan fingerprint density at radius 3 is 1.68 bits per heavy atom. The molecule has 1 unspecified atom stereocenters. The highest BCUT2D eigenvalue weighted by Crippen LogP contribution is 2.30. The van der Waals surface area contributed by atoms with Gasteiger partial charge in [0.05, 0.1) is 0 Å². The van der Waals surface area contributed by atoms with Crippen molar-refractivity contribution in [2.24, 2.45) is 17.4 Å². The fraction of sp³-hybridized carbons (Fsp3) is 0.938. The average molecular weight is 320 g/mol. The number of nitrogens with two attached hydrogens (primary N) is 2. The van der Waals surface area contributed by atoms with Crippen molar-refractivity contribution in [2.75, 3.05) is 21.3 Å². The largest absolute Gasteiger partial charge is 0.352 e. The lowest BCUT2D eigenvalue weighted by atomic mass is 9.95. The summed E-state index contributed by atoms with van der Waals surface area (Å²) in [4.78, 5) is 9.00. The first-order valence-electron chi connectivity index (χ1n) is 8.14. The number of urea groups is 1. The van der Waals surface area contributed by atoms with Crippen LogP contribution in [0.2, 0.25) is 0 Å². The van der Waals surface area contributed by atoms with E-state index < -0.39 is 12.0 Å². The first-order valence-corrected chi connectivity index (χ1v) is 8.14. The van der Waals surface area contributed by atoms with Crippen LogP contribution in [-0.2, 0) is 14.2 Å². The van der Waals surface area contributed by atoms with Crippen molar-refractivity contribution in [3.05, 3.63) is 0 Å². The number of methoxy groups -OCH3 is 3. The van der Waals surface area contributed by atoms with Gasteiger partial charge in [-0.1, -0.05) is 52.4 Å². The van der Waals surface area contributed by atoms with Gasteiger partial charge >= 0.3 is 6.03 Å². The molecule has 0 aromatic rings. The highest BCUT2D eigenvalue weighted by atomic mass is 16.9. The van der Waals surface area contributed by atoms with Crippen LogP contribution in [0.4, 0.5) is 4.79 Å². The molecule has 0 saturated heterocycles. The van der Waals surface area contributed by atoms with Crippen LogP contribution >= 0.6 is 0 Å². The van der Waals surface area contributed by atoms with Crippen LogP contribution < -0.4 is 11.5 Å². The normalized spacial score (nSPS) is 12.4. The molecule has 4 N–H and O–H groups in total. The first-order chi connectivity index (χ1) is 10.4. The van der Waals surface area contributed by atoms with Crippen molar-refractivity contribution >= 4 is 6.03 Å². The van der Waals surface area contributed by atoms with Crippen molar-refractivity contribution in [1.82, 2.24) is 0 Å². The molecule has 0 aliphatic heterocycles. The molecule has 134 valence electrons. The Labute approximate surface area is 135 Å². The van der Waals surface area contributed by atoms with Crippen LogP contribution in [0, 0.1) is 5.92 Å². The molecule has 22 heavy (non-hydrogen) atoms. The number of carbonyl (C=O) groups excluding carboxylic acids is 1. The Morgan fingerprint density at radius 1 is 0.909 bits per heavy atom. The van der Waals surface area contributed by atoms with Gasteiger partial charge in [-0.3, -0.25) is 0 Å². The van der Waals surface area contributed by atoms with Crippen LogP contribution in [0.15, 0.2) is 0 Å². The number of carbonyl (C=O) groups is 1. The lowest BCUT2D eigenvalue weighted by molar-refractivity contribution is -0.380. The fourth-order valence-corrected chi connectivity index (χ4v) is 2.55. The second-order valence-corrected chi connectivity index (χ2v) is 5.28. The van der Waals surface area contributed by atoms with E-state index in [2.05, 4.69) is 25.3 Å². The van der Waals surface area contributed by atoms with E-state index in [1.54, 1.807) is 21.3 Å². The summed E-state index contributed by atoms with van der Waals surface area (Å²) in [6.45, 7) is 4.41. The third-order valence-corrected chi connectivity index (χ3v) is 3.75. The lowest BCUT2D eigenvalue weighted by Gasteiger charge is -2.36. The Balaban J connectivity index is 0. The number of rotatable bonds is 12. The zero-order chi connectivity index (χ0) is 17.4. The minimum atomic E-state index is -0.863. The van der Waals surface area contributed by atoms with E-state index in [4.69, 9.17) is 19.0 Å². The van der Waals surface area contributed by atoms with E-state index in [0.29, 0.717) is 5.92 Å². The quantitative estimate of drug-likeness (QED) is 0.425. The van der Waals surface area contributed by atoms with E-state index in [0.717, 1.165) is 12.8 Å². The van der Waals surface area contributed by atoms with E-state index in [9.17, 15) is 0 Å². The Morgan fingerprint density at radius 2 is 1.32 bits per heavy atom. The minimum Gasteiger partial charge on any atom is -0.352 e. The Bertz CT molecular complexity index is 246. The summed E-state index contributed by atoms with van der Waals surface area (Å²) in [5.41, 5.74) is 8.50. The summed E-state index contributed by atoms with van der Waals surface area (Å²) in [6.07, 6.45) is 9.97. The molecule has 6 heteroatoms. The Kier molecular flexibility index (Phi) is 16.0. The van der Waals surface area contributed by atoms with Gasteiger partial charge < -0.3 is 25.7 Å². The van der Waals surface area contributed by atoms with Gasteiger partial charge in [0.2, 0.25) is 0 Å². The third-order valence-electron chi connectivity index (χ3n) is 3.75. The summed E-state index contributed by atoms with van der Waals surface area (Å²) >= 11 is 0. The van der Waals surface area contributed by atoms with Crippen LogP contribution in [0.5, 0.6) is 0 Å². The maximum atomic E-state index is 9.00. The third kappa shape index (κ3) is 10.8. The van der Waals surface area contributed by atoms with Crippen molar-refractivity contribution in [3.8, 4) is 0 Å². The zero-order valence-corrected chi connectivity index (χ0v) is 15.0. The number of primary amides is 2. The van der Waals surface area contributed by atoms with Gasteiger partial charge in [0.1, 0.15) is 0 Å². The van der Waals surface area contributed by atoms with Gasteiger partial charge in [0.15, 0.2) is 0 Å². The maximum Gasteiger partial charge on any atom is 0.309 e. The molecule has 0 aliphatic rings. The molecule has 0 aliphatic carbocycles. The van der Waals surface area contributed by atoms with E-state index in [1.807, 2.05) is 0 Å². The van der Waals surface area contributed by atoms with Crippen molar-refractivity contribution < 1.29 is 19.0 Å². The van der Waals surface area contributed by atoms with Gasteiger partial charge in [-0.15, -0.1) is 0 Å². The second kappa shape index (κ2) is 15.1. The maximum absolute atomic E-state index is 9.00. The lowest BCUT2D eigenvalue weighted by Crippen LogP contribution is -2.43. The van der Waals surface area contributed by atoms with Gasteiger partial charge in [-0.2, -0.15) is 0 Å². The highest BCUT2D eigenvalue weighted by molar-refractivity contribution is 5.69. The molecule has 0 aromatic heterocycles. The average Bonchev–Trinajstić information content (AvgIpc) is 2.50. The summed E-state index contributed by atoms with van der Waals surface area (Å²) in [5, 5.41) is 0. The summed E-state index contributed by atoms with van der Waals surface area (Å²) in [5.74, 6) is -0.568. The van der Waals surface area contributed by atoms with Gasteiger partial charge in [0, 0.05) is 27.2 Å². The van der Waals surface area contributed by atoms with Crippen LogP contribution in [0.3, 0.4) is 0 Å². The number of ether oxygens (including phenoxy) is 3. The number of hydrogen-bond donors (Lipinski definition) is 2. The molecule has 2 amide bonds. The number of hydrogen-bond acceptors (Lipinski definition) is 4. The fourth-order valence-electron chi connectivity index (χ4n) is 2.55.